The molecule has 1 atom stereocenters. The van der Waals surface area contributed by atoms with Crippen LogP contribution < -0.4 is 4.74 Å². The molecule has 1 aromatic rings. The Labute approximate surface area is 115 Å². The van der Waals surface area contributed by atoms with Gasteiger partial charge in [-0.3, -0.25) is 4.79 Å². The van der Waals surface area contributed by atoms with Crippen LogP contribution in [0.2, 0.25) is 0 Å². The van der Waals surface area contributed by atoms with E-state index in [1.54, 1.807) is 7.11 Å². The first-order chi connectivity index (χ1) is 8.79. The van der Waals surface area contributed by atoms with Gasteiger partial charge in [0.25, 0.3) is 0 Å². The SMILES string of the molecule is COc1ccccc1C(N(C)C)C(C)(C)CC(=O)O. The number of carboxylic acids is 1. The zero-order chi connectivity index (χ0) is 14.6. The average molecular weight is 265 g/mol. The van der Waals surface area contributed by atoms with E-state index in [4.69, 9.17) is 9.84 Å². The normalized spacial score (nSPS) is 13.4. The van der Waals surface area contributed by atoms with Gasteiger partial charge in [-0.05, 0) is 25.6 Å². The van der Waals surface area contributed by atoms with Crippen molar-refractivity contribution in [1.29, 1.82) is 0 Å². The van der Waals surface area contributed by atoms with Crippen molar-refractivity contribution in [1.82, 2.24) is 4.90 Å². The van der Waals surface area contributed by atoms with Crippen molar-refractivity contribution in [3.63, 3.8) is 0 Å². The van der Waals surface area contributed by atoms with Crippen LogP contribution in [0.25, 0.3) is 0 Å². The summed E-state index contributed by atoms with van der Waals surface area (Å²) in [5.74, 6) is 0.00594. The molecule has 0 bridgehead atoms. The molecule has 1 unspecified atom stereocenters. The molecular formula is C15H23NO3. The van der Waals surface area contributed by atoms with Gasteiger partial charge in [0.1, 0.15) is 5.75 Å². The van der Waals surface area contributed by atoms with Crippen molar-refractivity contribution >= 4 is 5.97 Å². The monoisotopic (exact) mass is 265 g/mol. The molecule has 0 saturated heterocycles. The van der Waals surface area contributed by atoms with Crippen LogP contribution in [0, 0.1) is 5.41 Å². The first-order valence-corrected chi connectivity index (χ1v) is 6.30. The van der Waals surface area contributed by atoms with E-state index in [0.717, 1.165) is 11.3 Å². The van der Waals surface area contributed by atoms with E-state index < -0.39 is 11.4 Å². The molecule has 0 amide bonds. The first-order valence-electron chi connectivity index (χ1n) is 6.30. The first kappa shape index (κ1) is 15.5. The largest absolute Gasteiger partial charge is 0.496 e. The smallest absolute Gasteiger partial charge is 0.303 e. The van der Waals surface area contributed by atoms with Gasteiger partial charge in [-0.15, -0.1) is 0 Å². The number of hydrogen-bond donors (Lipinski definition) is 1. The summed E-state index contributed by atoms with van der Waals surface area (Å²) in [6, 6.07) is 7.74. The average Bonchev–Trinajstić information content (AvgIpc) is 2.27. The minimum absolute atomic E-state index is 0.0280. The number of carbonyl (C=O) groups is 1. The second-order valence-electron chi connectivity index (χ2n) is 5.67. The number of rotatable bonds is 6. The van der Waals surface area contributed by atoms with Gasteiger partial charge in [0.05, 0.1) is 13.5 Å². The third-order valence-corrected chi connectivity index (χ3v) is 3.30. The number of aliphatic carboxylic acids is 1. The summed E-state index contributed by atoms with van der Waals surface area (Å²) in [6.07, 6.45) is 0.105. The van der Waals surface area contributed by atoms with Gasteiger partial charge in [-0.1, -0.05) is 32.0 Å². The Morgan fingerprint density at radius 1 is 1.37 bits per heavy atom. The fourth-order valence-electron chi connectivity index (χ4n) is 2.78. The lowest BCUT2D eigenvalue weighted by molar-refractivity contribution is -0.140. The number of methoxy groups -OCH3 is 1. The zero-order valence-corrected chi connectivity index (χ0v) is 12.3. The predicted molar refractivity (Wildman–Crippen MR) is 75.5 cm³/mol. The van der Waals surface area contributed by atoms with Crippen LogP contribution in [0.4, 0.5) is 0 Å². The number of ether oxygens (including phenoxy) is 1. The van der Waals surface area contributed by atoms with Crippen LogP contribution in [0.3, 0.4) is 0 Å². The summed E-state index contributed by atoms with van der Waals surface area (Å²) in [7, 11) is 5.55. The molecule has 4 heteroatoms. The Hall–Kier alpha value is -1.55. The third-order valence-electron chi connectivity index (χ3n) is 3.30. The fraction of sp³-hybridized carbons (Fsp3) is 0.533. The standard InChI is InChI=1S/C15H23NO3/c1-15(2,10-13(17)18)14(16(3)4)11-8-6-7-9-12(11)19-5/h6-9,14H,10H2,1-5H3,(H,17,18). The van der Waals surface area contributed by atoms with Crippen molar-refractivity contribution < 1.29 is 14.6 Å². The maximum atomic E-state index is 11.1. The van der Waals surface area contributed by atoms with E-state index in [-0.39, 0.29) is 12.5 Å². The van der Waals surface area contributed by atoms with Crippen LogP contribution in [-0.4, -0.2) is 37.2 Å². The molecule has 19 heavy (non-hydrogen) atoms. The molecule has 1 aromatic carbocycles. The second-order valence-corrected chi connectivity index (χ2v) is 5.67. The summed E-state index contributed by atoms with van der Waals surface area (Å²) < 4.78 is 5.40. The maximum Gasteiger partial charge on any atom is 0.303 e. The lowest BCUT2D eigenvalue weighted by Gasteiger charge is -2.38. The van der Waals surface area contributed by atoms with Crippen molar-refractivity contribution in [3.05, 3.63) is 29.8 Å². The zero-order valence-electron chi connectivity index (χ0n) is 12.3. The van der Waals surface area contributed by atoms with Gasteiger partial charge in [0.15, 0.2) is 0 Å². The number of para-hydroxylation sites is 1. The van der Waals surface area contributed by atoms with Crippen LogP contribution in [0.15, 0.2) is 24.3 Å². The highest BCUT2D eigenvalue weighted by molar-refractivity contribution is 5.67. The van der Waals surface area contributed by atoms with E-state index in [2.05, 4.69) is 0 Å². The van der Waals surface area contributed by atoms with Gasteiger partial charge in [0, 0.05) is 11.6 Å². The number of carboxylic acid groups (broad SMARTS) is 1. The van der Waals surface area contributed by atoms with Gasteiger partial charge >= 0.3 is 5.97 Å². The molecule has 0 spiro atoms. The molecule has 106 valence electrons. The van der Waals surface area contributed by atoms with E-state index in [9.17, 15) is 4.79 Å². The molecule has 0 aliphatic heterocycles. The van der Waals surface area contributed by atoms with E-state index in [1.807, 2.05) is 57.1 Å². The van der Waals surface area contributed by atoms with Crippen molar-refractivity contribution in [3.8, 4) is 5.75 Å². The molecule has 0 fully saturated rings. The van der Waals surface area contributed by atoms with Crippen molar-refractivity contribution in [2.75, 3.05) is 21.2 Å². The highest BCUT2D eigenvalue weighted by Gasteiger charge is 2.36. The van der Waals surface area contributed by atoms with Crippen LogP contribution in [0.1, 0.15) is 31.9 Å². The summed E-state index contributed by atoms with van der Waals surface area (Å²) >= 11 is 0. The molecule has 0 aliphatic carbocycles. The van der Waals surface area contributed by atoms with E-state index in [1.165, 1.54) is 0 Å². The topological polar surface area (TPSA) is 49.8 Å². The molecule has 0 radical (unpaired) electrons. The molecule has 0 aromatic heterocycles. The lowest BCUT2D eigenvalue weighted by atomic mass is 9.77. The maximum absolute atomic E-state index is 11.1. The second kappa shape index (κ2) is 6.06. The Bertz CT molecular complexity index is 441. The molecule has 0 saturated carbocycles. The Balaban J connectivity index is 3.24. The molecular weight excluding hydrogens is 242 g/mol. The quantitative estimate of drug-likeness (QED) is 0.859. The molecule has 0 aliphatic rings. The molecule has 1 N–H and O–H groups in total. The van der Waals surface area contributed by atoms with Gasteiger partial charge in [-0.25, -0.2) is 0 Å². The number of benzene rings is 1. The van der Waals surface area contributed by atoms with Gasteiger partial charge in [0.2, 0.25) is 0 Å². The lowest BCUT2D eigenvalue weighted by Crippen LogP contribution is -2.35. The Kier molecular flexibility index (Phi) is 4.95. The van der Waals surface area contributed by atoms with Gasteiger partial charge in [-0.2, -0.15) is 0 Å². The molecule has 1 rings (SSSR count). The predicted octanol–water partition coefficient (Wildman–Crippen LogP) is 2.80. The van der Waals surface area contributed by atoms with Crippen LogP contribution in [-0.2, 0) is 4.79 Å². The van der Waals surface area contributed by atoms with Gasteiger partial charge < -0.3 is 14.7 Å². The van der Waals surface area contributed by atoms with E-state index >= 15 is 0 Å². The Morgan fingerprint density at radius 2 is 1.95 bits per heavy atom. The summed E-state index contributed by atoms with van der Waals surface area (Å²) in [5, 5.41) is 9.10. The number of nitrogens with zero attached hydrogens (tertiary/aromatic N) is 1. The summed E-state index contributed by atoms with van der Waals surface area (Å²) in [4.78, 5) is 13.1. The molecule has 0 heterocycles. The van der Waals surface area contributed by atoms with E-state index in [0.29, 0.717) is 0 Å². The third kappa shape index (κ3) is 3.70. The highest BCUT2D eigenvalue weighted by atomic mass is 16.5. The van der Waals surface area contributed by atoms with Crippen LogP contribution >= 0.6 is 0 Å². The van der Waals surface area contributed by atoms with Crippen molar-refractivity contribution in [2.45, 2.75) is 26.3 Å². The summed E-state index contributed by atoms with van der Waals surface area (Å²) in [5.41, 5.74) is 0.616. The molecule has 4 nitrogen and oxygen atoms in total. The number of hydrogen-bond acceptors (Lipinski definition) is 3. The minimum Gasteiger partial charge on any atom is -0.496 e. The van der Waals surface area contributed by atoms with Crippen LogP contribution in [0.5, 0.6) is 5.75 Å². The van der Waals surface area contributed by atoms with Crippen molar-refractivity contribution in [2.24, 2.45) is 5.41 Å². The minimum atomic E-state index is -0.785. The summed E-state index contributed by atoms with van der Waals surface area (Å²) in [6.45, 7) is 3.94. The Morgan fingerprint density at radius 3 is 2.42 bits per heavy atom. The highest BCUT2D eigenvalue weighted by Crippen LogP contribution is 2.42. The fourth-order valence-corrected chi connectivity index (χ4v) is 2.78.